The number of aryl methyl sites for hydroxylation is 2. The zero-order valence-corrected chi connectivity index (χ0v) is 12.9. The van der Waals surface area contributed by atoms with Crippen LogP contribution in [-0.2, 0) is 24.2 Å². The average Bonchev–Trinajstić information content (AvgIpc) is 3.19. The molecule has 0 fully saturated rings. The standard InChI is InChI=1S/C17H16FN3O3/c18-10-4-6-11-9(8-10)3-5-12(11)16(22)20-15-14(17(23)24)21-7-1-2-13(21)19-15/h4,6,8,12H,1-3,5,7H2,(H,20,22)(H,23,24). The number of aromatic carboxylic acids is 1. The number of imidazole rings is 1. The van der Waals surface area contributed by atoms with Crippen LogP contribution in [0.15, 0.2) is 18.2 Å². The molecule has 0 saturated heterocycles. The number of rotatable bonds is 3. The van der Waals surface area contributed by atoms with Gasteiger partial charge in [-0.3, -0.25) is 4.79 Å². The number of halogens is 1. The summed E-state index contributed by atoms with van der Waals surface area (Å²) in [5, 5.41) is 12.1. The van der Waals surface area contributed by atoms with Gasteiger partial charge < -0.3 is 15.0 Å². The molecule has 24 heavy (non-hydrogen) atoms. The Morgan fingerprint density at radius 2 is 2.17 bits per heavy atom. The lowest BCUT2D eigenvalue weighted by molar-refractivity contribution is -0.117. The maximum Gasteiger partial charge on any atom is 0.356 e. The molecule has 0 bridgehead atoms. The van der Waals surface area contributed by atoms with Crippen LogP contribution in [0.3, 0.4) is 0 Å². The predicted octanol–water partition coefficient (Wildman–Crippen LogP) is 2.34. The third-order valence-corrected chi connectivity index (χ3v) is 4.77. The third-order valence-electron chi connectivity index (χ3n) is 4.77. The molecule has 1 amide bonds. The third kappa shape index (κ3) is 2.28. The SMILES string of the molecule is O=C(O)c1c(NC(=O)C2CCc3cc(F)ccc32)nc2n1CCC2. The van der Waals surface area contributed by atoms with Crippen LogP contribution in [0.4, 0.5) is 10.2 Å². The largest absolute Gasteiger partial charge is 0.476 e. The minimum atomic E-state index is -1.10. The average molecular weight is 329 g/mol. The molecule has 2 aromatic rings. The number of carbonyl (C=O) groups is 2. The quantitative estimate of drug-likeness (QED) is 0.905. The summed E-state index contributed by atoms with van der Waals surface area (Å²) in [4.78, 5) is 28.4. The van der Waals surface area contributed by atoms with Gasteiger partial charge in [-0.2, -0.15) is 0 Å². The van der Waals surface area contributed by atoms with Crippen molar-refractivity contribution in [3.63, 3.8) is 0 Å². The fourth-order valence-electron chi connectivity index (χ4n) is 3.69. The molecule has 0 saturated carbocycles. The zero-order valence-electron chi connectivity index (χ0n) is 12.9. The lowest BCUT2D eigenvalue weighted by atomic mass is 10.0. The van der Waals surface area contributed by atoms with E-state index in [1.165, 1.54) is 12.1 Å². The highest BCUT2D eigenvalue weighted by Crippen LogP contribution is 2.35. The zero-order chi connectivity index (χ0) is 16.8. The van der Waals surface area contributed by atoms with Crippen molar-refractivity contribution in [3.05, 3.63) is 46.7 Å². The molecule has 7 heteroatoms. The Hall–Kier alpha value is -2.70. The molecular formula is C17H16FN3O3. The van der Waals surface area contributed by atoms with Gasteiger partial charge in [-0.1, -0.05) is 6.07 Å². The Morgan fingerprint density at radius 1 is 1.33 bits per heavy atom. The van der Waals surface area contributed by atoms with Gasteiger partial charge in [0.1, 0.15) is 11.6 Å². The van der Waals surface area contributed by atoms with E-state index in [9.17, 15) is 19.1 Å². The van der Waals surface area contributed by atoms with E-state index in [-0.39, 0.29) is 23.2 Å². The summed E-state index contributed by atoms with van der Waals surface area (Å²) < 4.78 is 14.9. The van der Waals surface area contributed by atoms with Crippen molar-refractivity contribution in [2.75, 3.05) is 5.32 Å². The van der Waals surface area contributed by atoms with Gasteiger partial charge in [0.25, 0.3) is 0 Å². The molecule has 2 aliphatic rings. The van der Waals surface area contributed by atoms with Crippen LogP contribution < -0.4 is 5.32 Å². The Bertz CT molecular complexity index is 859. The Balaban J connectivity index is 1.62. The van der Waals surface area contributed by atoms with E-state index in [4.69, 9.17) is 0 Å². The molecule has 0 radical (unpaired) electrons. The van der Waals surface area contributed by atoms with Gasteiger partial charge in [0, 0.05) is 13.0 Å². The first-order chi connectivity index (χ1) is 11.5. The minimum Gasteiger partial charge on any atom is -0.476 e. The first kappa shape index (κ1) is 14.9. The highest BCUT2D eigenvalue weighted by molar-refractivity contribution is 6.01. The van der Waals surface area contributed by atoms with E-state index in [0.717, 1.165) is 17.5 Å². The predicted molar refractivity (Wildman–Crippen MR) is 83.6 cm³/mol. The number of nitrogens with zero attached hydrogens (tertiary/aromatic N) is 2. The summed E-state index contributed by atoms with van der Waals surface area (Å²) in [7, 11) is 0. The van der Waals surface area contributed by atoms with Gasteiger partial charge in [0.05, 0.1) is 5.92 Å². The second kappa shape index (κ2) is 5.43. The number of aromatic nitrogens is 2. The highest BCUT2D eigenvalue weighted by Gasteiger charge is 2.32. The van der Waals surface area contributed by atoms with Crippen LogP contribution in [-0.4, -0.2) is 26.5 Å². The normalized spacial score (nSPS) is 18.3. The lowest BCUT2D eigenvalue weighted by Gasteiger charge is -2.12. The van der Waals surface area contributed by atoms with E-state index >= 15 is 0 Å². The molecule has 0 spiro atoms. The van der Waals surface area contributed by atoms with E-state index in [1.807, 2.05) is 0 Å². The fourth-order valence-corrected chi connectivity index (χ4v) is 3.69. The number of carbonyl (C=O) groups excluding carboxylic acids is 1. The molecule has 1 unspecified atom stereocenters. The van der Waals surface area contributed by atoms with Crippen molar-refractivity contribution >= 4 is 17.7 Å². The van der Waals surface area contributed by atoms with Crippen LogP contribution in [0.2, 0.25) is 0 Å². The molecule has 1 aromatic carbocycles. The smallest absolute Gasteiger partial charge is 0.356 e. The van der Waals surface area contributed by atoms with E-state index in [2.05, 4.69) is 10.3 Å². The van der Waals surface area contributed by atoms with Gasteiger partial charge in [0.15, 0.2) is 11.5 Å². The van der Waals surface area contributed by atoms with Gasteiger partial charge >= 0.3 is 5.97 Å². The van der Waals surface area contributed by atoms with Crippen LogP contribution in [0.5, 0.6) is 0 Å². The van der Waals surface area contributed by atoms with Crippen molar-refractivity contribution in [1.82, 2.24) is 9.55 Å². The Morgan fingerprint density at radius 3 is 2.96 bits per heavy atom. The fraction of sp³-hybridized carbons (Fsp3) is 0.353. The summed E-state index contributed by atoms with van der Waals surface area (Å²) >= 11 is 0. The molecule has 1 aromatic heterocycles. The topological polar surface area (TPSA) is 84.2 Å². The minimum absolute atomic E-state index is 0.0353. The molecule has 2 heterocycles. The van der Waals surface area contributed by atoms with Crippen molar-refractivity contribution in [2.45, 2.75) is 38.1 Å². The molecule has 124 valence electrons. The number of amides is 1. The van der Waals surface area contributed by atoms with E-state index in [1.54, 1.807) is 10.6 Å². The summed E-state index contributed by atoms with van der Waals surface area (Å²) in [5.41, 5.74) is 1.67. The Kier molecular flexibility index (Phi) is 3.37. The number of carboxylic acid groups (broad SMARTS) is 1. The number of fused-ring (bicyclic) bond motifs is 2. The van der Waals surface area contributed by atoms with Crippen molar-refractivity contribution in [2.24, 2.45) is 0 Å². The van der Waals surface area contributed by atoms with Gasteiger partial charge in [-0.05, 0) is 42.5 Å². The summed E-state index contributed by atoms with van der Waals surface area (Å²) in [6.07, 6.45) is 2.79. The monoisotopic (exact) mass is 329 g/mol. The first-order valence-corrected chi connectivity index (χ1v) is 7.96. The van der Waals surface area contributed by atoms with E-state index < -0.39 is 11.9 Å². The first-order valence-electron chi connectivity index (χ1n) is 7.96. The highest BCUT2D eigenvalue weighted by atomic mass is 19.1. The number of carboxylic acids is 1. The maximum absolute atomic E-state index is 13.3. The second-order valence-electron chi connectivity index (χ2n) is 6.21. The van der Waals surface area contributed by atoms with Crippen molar-refractivity contribution in [1.29, 1.82) is 0 Å². The van der Waals surface area contributed by atoms with E-state index in [0.29, 0.717) is 31.6 Å². The van der Waals surface area contributed by atoms with Crippen LogP contribution >= 0.6 is 0 Å². The number of hydrogen-bond acceptors (Lipinski definition) is 3. The summed E-state index contributed by atoms with van der Waals surface area (Å²) in [5.74, 6) is -1.30. The molecule has 4 rings (SSSR count). The molecule has 1 aliphatic carbocycles. The summed E-state index contributed by atoms with van der Waals surface area (Å²) in [6.45, 7) is 0.603. The number of anilines is 1. The van der Waals surface area contributed by atoms with Gasteiger partial charge in [-0.25, -0.2) is 14.2 Å². The van der Waals surface area contributed by atoms with Crippen LogP contribution in [0.1, 0.15) is 46.2 Å². The van der Waals surface area contributed by atoms with Crippen molar-refractivity contribution < 1.29 is 19.1 Å². The molecule has 1 atom stereocenters. The van der Waals surface area contributed by atoms with Crippen LogP contribution in [0, 0.1) is 5.82 Å². The maximum atomic E-state index is 13.3. The molecule has 1 aliphatic heterocycles. The molecule has 6 nitrogen and oxygen atoms in total. The lowest BCUT2D eigenvalue weighted by Crippen LogP contribution is -2.21. The Labute approximate surface area is 137 Å². The number of hydrogen-bond donors (Lipinski definition) is 2. The van der Waals surface area contributed by atoms with Gasteiger partial charge in [0.2, 0.25) is 5.91 Å². The second-order valence-corrected chi connectivity index (χ2v) is 6.21. The summed E-state index contributed by atoms with van der Waals surface area (Å²) in [6, 6.07) is 4.43. The van der Waals surface area contributed by atoms with Crippen LogP contribution in [0.25, 0.3) is 0 Å². The molecular weight excluding hydrogens is 313 g/mol. The molecule has 2 N–H and O–H groups in total. The van der Waals surface area contributed by atoms with Gasteiger partial charge in [-0.15, -0.1) is 0 Å². The number of nitrogens with one attached hydrogen (secondary N) is 1. The number of benzene rings is 1. The van der Waals surface area contributed by atoms with Crippen molar-refractivity contribution in [3.8, 4) is 0 Å².